The Balaban J connectivity index is 1.30. The van der Waals surface area contributed by atoms with E-state index in [1.54, 1.807) is 0 Å². The fourth-order valence-electron chi connectivity index (χ4n) is 5.99. The number of hydrogen-bond donors (Lipinski definition) is 1. The average Bonchev–Trinajstić information content (AvgIpc) is 3.36. The zero-order valence-corrected chi connectivity index (χ0v) is 22.4. The lowest BCUT2D eigenvalue weighted by molar-refractivity contribution is -0.127. The van der Waals surface area contributed by atoms with E-state index >= 15 is 0 Å². The summed E-state index contributed by atoms with van der Waals surface area (Å²) in [7, 11) is 0. The molecule has 1 unspecified atom stereocenters. The number of carbonyl (C=O) groups excluding carboxylic acids is 1. The van der Waals surface area contributed by atoms with Crippen molar-refractivity contribution in [3.05, 3.63) is 59.2 Å². The molecular weight excluding hydrogens is 432 g/mol. The highest BCUT2D eigenvalue weighted by Gasteiger charge is 2.47. The van der Waals surface area contributed by atoms with Crippen LogP contribution in [0.15, 0.2) is 53.6 Å². The number of benzene rings is 1. The summed E-state index contributed by atoms with van der Waals surface area (Å²) < 4.78 is 5.80. The van der Waals surface area contributed by atoms with Crippen LogP contribution < -0.4 is 0 Å². The fraction of sp³-hybridized carbons (Fsp3) is 0.656. The van der Waals surface area contributed by atoms with Gasteiger partial charge >= 0.3 is 0 Å². The summed E-state index contributed by atoms with van der Waals surface area (Å²) in [5.74, 6) is 1.50. The number of unbranched alkanes of at least 4 members (excludes halogenated alkanes) is 3. The van der Waals surface area contributed by atoms with Gasteiger partial charge in [-0.25, -0.2) is 0 Å². The minimum atomic E-state index is -0.440. The molecule has 0 aromatic heterocycles. The summed E-state index contributed by atoms with van der Waals surface area (Å²) in [4.78, 5) is 13.1. The van der Waals surface area contributed by atoms with Gasteiger partial charge in [-0.15, -0.1) is 0 Å². The van der Waals surface area contributed by atoms with Crippen molar-refractivity contribution in [1.29, 1.82) is 0 Å². The lowest BCUT2D eigenvalue weighted by Crippen LogP contribution is -2.28. The summed E-state index contributed by atoms with van der Waals surface area (Å²) in [6.45, 7) is 8.08. The summed E-state index contributed by atoms with van der Waals surface area (Å²) in [5, 5.41) is 10.7. The molecule has 3 rings (SSSR count). The van der Waals surface area contributed by atoms with Crippen molar-refractivity contribution in [2.24, 2.45) is 23.7 Å². The predicted molar refractivity (Wildman–Crippen MR) is 145 cm³/mol. The standard InChI is InChI=1S/C32H48O3/c1-24(2)12-9-10-13-25(3)17-18-30(33)32-29-21-27(20-28(29)22-31(32)34)16-8-5-11-19-35-23-26-14-6-4-7-15-26/h4,6-7,12,14-15,20,25,28-29,31-32,34H,5,8-11,13,16-19,21-23H2,1-3H3/t25?,28-,29-,31-,32+/m1/s1. The zero-order valence-electron chi connectivity index (χ0n) is 22.4. The van der Waals surface area contributed by atoms with Crippen molar-refractivity contribution >= 4 is 5.78 Å². The van der Waals surface area contributed by atoms with Crippen LogP contribution in [0.25, 0.3) is 0 Å². The Hall–Kier alpha value is -1.71. The first-order valence-corrected chi connectivity index (χ1v) is 14.1. The molecule has 0 spiro atoms. The molecular formula is C32H48O3. The molecule has 0 bridgehead atoms. The molecule has 1 aromatic rings. The van der Waals surface area contributed by atoms with E-state index in [9.17, 15) is 9.90 Å². The second-order valence-electron chi connectivity index (χ2n) is 11.4. The highest BCUT2D eigenvalue weighted by Crippen LogP contribution is 2.48. The van der Waals surface area contributed by atoms with Crippen LogP contribution in [0.3, 0.4) is 0 Å². The first-order chi connectivity index (χ1) is 16.9. The summed E-state index contributed by atoms with van der Waals surface area (Å²) in [5.41, 5.74) is 4.13. The summed E-state index contributed by atoms with van der Waals surface area (Å²) in [6.07, 6.45) is 15.8. The fourth-order valence-corrected chi connectivity index (χ4v) is 5.99. The molecule has 0 aliphatic heterocycles. The Kier molecular flexibility index (Phi) is 11.7. The molecule has 0 radical (unpaired) electrons. The molecule has 2 aliphatic rings. The van der Waals surface area contributed by atoms with Gasteiger partial charge in [-0.2, -0.15) is 0 Å². The lowest BCUT2D eigenvalue weighted by Gasteiger charge is -2.21. The van der Waals surface area contributed by atoms with E-state index in [0.29, 0.717) is 36.6 Å². The van der Waals surface area contributed by atoms with Gasteiger partial charge in [0.05, 0.1) is 12.7 Å². The van der Waals surface area contributed by atoms with E-state index in [-0.39, 0.29) is 5.92 Å². The van der Waals surface area contributed by atoms with E-state index in [2.05, 4.69) is 57.2 Å². The number of fused-ring (bicyclic) bond motifs is 1. The van der Waals surface area contributed by atoms with E-state index in [1.165, 1.54) is 42.4 Å². The Labute approximate surface area is 214 Å². The van der Waals surface area contributed by atoms with Crippen molar-refractivity contribution < 1.29 is 14.6 Å². The van der Waals surface area contributed by atoms with Crippen molar-refractivity contribution in [1.82, 2.24) is 0 Å². The van der Waals surface area contributed by atoms with Crippen LogP contribution in [0.5, 0.6) is 0 Å². The normalized spacial score (nSPS) is 24.2. The van der Waals surface area contributed by atoms with Crippen LogP contribution in [-0.4, -0.2) is 23.6 Å². The maximum atomic E-state index is 13.1. The van der Waals surface area contributed by atoms with Crippen molar-refractivity contribution in [2.75, 3.05) is 6.61 Å². The highest BCUT2D eigenvalue weighted by molar-refractivity contribution is 5.82. The minimum Gasteiger partial charge on any atom is -0.392 e. The van der Waals surface area contributed by atoms with Gasteiger partial charge in [-0.05, 0) is 88.5 Å². The predicted octanol–water partition coefficient (Wildman–Crippen LogP) is 7.83. The van der Waals surface area contributed by atoms with Crippen LogP contribution in [0.2, 0.25) is 0 Å². The van der Waals surface area contributed by atoms with Crippen molar-refractivity contribution in [2.45, 2.75) is 104 Å². The second kappa shape index (κ2) is 14.8. The molecule has 1 aromatic carbocycles. The molecule has 1 N–H and O–H groups in total. The number of rotatable bonds is 16. The Morgan fingerprint density at radius 3 is 2.69 bits per heavy atom. The van der Waals surface area contributed by atoms with E-state index < -0.39 is 6.10 Å². The monoisotopic (exact) mass is 480 g/mol. The molecule has 5 atom stereocenters. The van der Waals surface area contributed by atoms with Gasteiger partial charge < -0.3 is 9.84 Å². The highest BCUT2D eigenvalue weighted by atomic mass is 16.5. The van der Waals surface area contributed by atoms with Gasteiger partial charge in [0.2, 0.25) is 0 Å². The van der Waals surface area contributed by atoms with Crippen molar-refractivity contribution in [3.63, 3.8) is 0 Å². The van der Waals surface area contributed by atoms with E-state index in [0.717, 1.165) is 45.1 Å². The van der Waals surface area contributed by atoms with E-state index in [1.807, 2.05) is 6.07 Å². The third kappa shape index (κ3) is 9.35. The van der Waals surface area contributed by atoms with Gasteiger partial charge in [0.25, 0.3) is 0 Å². The van der Waals surface area contributed by atoms with Crippen LogP contribution in [0.4, 0.5) is 0 Å². The van der Waals surface area contributed by atoms with Gasteiger partial charge in [0.15, 0.2) is 0 Å². The van der Waals surface area contributed by atoms with Crippen molar-refractivity contribution in [3.8, 4) is 0 Å². The van der Waals surface area contributed by atoms with Gasteiger partial charge in [-0.3, -0.25) is 4.79 Å². The minimum absolute atomic E-state index is 0.141. The second-order valence-corrected chi connectivity index (χ2v) is 11.4. The maximum absolute atomic E-state index is 13.1. The third-order valence-corrected chi connectivity index (χ3v) is 7.99. The van der Waals surface area contributed by atoms with Gasteiger partial charge in [-0.1, -0.05) is 73.4 Å². The molecule has 194 valence electrons. The molecule has 1 saturated carbocycles. The molecule has 3 nitrogen and oxygen atoms in total. The first kappa shape index (κ1) is 27.9. The van der Waals surface area contributed by atoms with E-state index in [4.69, 9.17) is 4.74 Å². The Bertz CT molecular complexity index is 820. The van der Waals surface area contributed by atoms with Crippen LogP contribution in [0.1, 0.15) is 97.0 Å². The largest absolute Gasteiger partial charge is 0.392 e. The number of aliphatic hydroxyl groups excluding tert-OH is 1. The van der Waals surface area contributed by atoms with Crippen LogP contribution in [-0.2, 0) is 16.1 Å². The number of carbonyl (C=O) groups is 1. The molecule has 1 fully saturated rings. The van der Waals surface area contributed by atoms with Gasteiger partial charge in [0.1, 0.15) is 5.78 Å². The Morgan fingerprint density at radius 1 is 1.11 bits per heavy atom. The molecule has 0 heterocycles. The number of ether oxygens (including phenoxy) is 1. The smallest absolute Gasteiger partial charge is 0.138 e. The molecule has 3 heteroatoms. The van der Waals surface area contributed by atoms with Gasteiger partial charge in [0, 0.05) is 18.9 Å². The number of allylic oxidation sites excluding steroid dienone is 4. The first-order valence-electron chi connectivity index (χ1n) is 14.1. The average molecular weight is 481 g/mol. The number of hydrogen-bond acceptors (Lipinski definition) is 3. The molecule has 2 aliphatic carbocycles. The number of ketones is 1. The number of aliphatic hydroxyl groups is 1. The topological polar surface area (TPSA) is 46.5 Å². The van der Waals surface area contributed by atoms with Crippen LogP contribution >= 0.6 is 0 Å². The molecule has 0 saturated heterocycles. The lowest BCUT2D eigenvalue weighted by atomic mass is 9.83. The number of Topliss-reactive ketones (excluding diaryl/α,β-unsaturated/α-hetero) is 1. The molecule has 35 heavy (non-hydrogen) atoms. The summed E-state index contributed by atoms with van der Waals surface area (Å²) in [6, 6.07) is 10.3. The quantitative estimate of drug-likeness (QED) is 0.194. The SMILES string of the molecule is CC(C)=CCCCC(C)CCC(=O)[C@@H]1[C@@H]2CC(CCCCCOCc3ccccc3)=C[C@@H]2C[C@H]1O. The summed E-state index contributed by atoms with van der Waals surface area (Å²) >= 11 is 0. The zero-order chi connectivity index (χ0) is 25.0. The maximum Gasteiger partial charge on any atom is 0.138 e. The Morgan fingerprint density at radius 2 is 1.91 bits per heavy atom. The molecule has 0 amide bonds. The third-order valence-electron chi connectivity index (χ3n) is 7.99. The van der Waals surface area contributed by atoms with Crippen LogP contribution in [0, 0.1) is 23.7 Å².